The van der Waals surface area contributed by atoms with E-state index in [2.05, 4.69) is 24.1 Å². The fraction of sp³-hybridized carbons (Fsp3) is 0.692. The lowest BCUT2D eigenvalue weighted by Gasteiger charge is -2.22. The van der Waals surface area contributed by atoms with Crippen molar-refractivity contribution in [3.05, 3.63) is 18.2 Å². The van der Waals surface area contributed by atoms with E-state index in [1.807, 2.05) is 18.4 Å². The summed E-state index contributed by atoms with van der Waals surface area (Å²) in [4.78, 5) is 16.1. The number of imidazole rings is 1. The van der Waals surface area contributed by atoms with Crippen molar-refractivity contribution in [2.75, 3.05) is 6.61 Å². The first-order chi connectivity index (χ1) is 8.63. The van der Waals surface area contributed by atoms with Crippen LogP contribution in [0.1, 0.15) is 45.9 Å². The molecule has 0 radical (unpaired) electrons. The molecule has 2 unspecified atom stereocenters. The van der Waals surface area contributed by atoms with Crippen molar-refractivity contribution >= 4 is 5.97 Å². The zero-order valence-corrected chi connectivity index (χ0v) is 11.6. The second kappa shape index (κ2) is 7.16. The SMILES string of the molecule is CCOC(=O)C(NC(C)CC)c1cncn1CC. The van der Waals surface area contributed by atoms with Crippen LogP contribution in [-0.2, 0) is 16.1 Å². The van der Waals surface area contributed by atoms with Gasteiger partial charge in [0.15, 0.2) is 0 Å². The molecule has 0 amide bonds. The van der Waals surface area contributed by atoms with Crippen molar-refractivity contribution < 1.29 is 9.53 Å². The fourth-order valence-electron chi connectivity index (χ4n) is 1.74. The number of nitrogens with zero attached hydrogens (tertiary/aromatic N) is 2. The zero-order valence-electron chi connectivity index (χ0n) is 11.6. The highest BCUT2D eigenvalue weighted by atomic mass is 16.5. The van der Waals surface area contributed by atoms with Gasteiger partial charge in [-0.05, 0) is 27.2 Å². The van der Waals surface area contributed by atoms with Crippen LogP contribution in [0.2, 0.25) is 0 Å². The second-order valence-corrected chi connectivity index (χ2v) is 4.27. The number of carbonyl (C=O) groups excluding carboxylic acids is 1. The Morgan fingerprint density at radius 1 is 1.50 bits per heavy atom. The standard InChI is InChI=1S/C13H23N3O2/c1-5-10(4)15-12(13(17)18-7-3)11-8-14-9-16(11)6-2/h8-10,12,15H,5-7H2,1-4H3. The van der Waals surface area contributed by atoms with E-state index in [1.165, 1.54) is 0 Å². The number of hydrogen-bond donors (Lipinski definition) is 1. The Labute approximate surface area is 109 Å². The molecule has 0 saturated carbocycles. The van der Waals surface area contributed by atoms with Gasteiger partial charge in [-0.15, -0.1) is 0 Å². The molecule has 5 heteroatoms. The van der Waals surface area contributed by atoms with Crippen LogP contribution in [0.15, 0.2) is 12.5 Å². The largest absolute Gasteiger partial charge is 0.465 e. The molecule has 0 spiro atoms. The number of aryl methyl sites for hydroxylation is 1. The molecule has 0 aliphatic carbocycles. The van der Waals surface area contributed by atoms with Gasteiger partial charge in [0, 0.05) is 12.6 Å². The van der Waals surface area contributed by atoms with E-state index < -0.39 is 6.04 Å². The van der Waals surface area contributed by atoms with Crippen LogP contribution in [0.5, 0.6) is 0 Å². The van der Waals surface area contributed by atoms with Crippen LogP contribution >= 0.6 is 0 Å². The summed E-state index contributed by atoms with van der Waals surface area (Å²) in [5, 5.41) is 3.29. The topological polar surface area (TPSA) is 56.1 Å². The predicted molar refractivity (Wildman–Crippen MR) is 70.2 cm³/mol. The molecule has 0 aromatic carbocycles. The van der Waals surface area contributed by atoms with Gasteiger partial charge < -0.3 is 9.30 Å². The Balaban J connectivity index is 2.92. The highest BCUT2D eigenvalue weighted by molar-refractivity contribution is 5.77. The van der Waals surface area contributed by atoms with Crippen LogP contribution in [-0.4, -0.2) is 28.2 Å². The summed E-state index contributed by atoms with van der Waals surface area (Å²) in [5.41, 5.74) is 0.858. The Morgan fingerprint density at radius 3 is 2.78 bits per heavy atom. The van der Waals surface area contributed by atoms with Crippen molar-refractivity contribution in [2.24, 2.45) is 0 Å². The lowest BCUT2D eigenvalue weighted by molar-refractivity contribution is -0.146. The summed E-state index contributed by atoms with van der Waals surface area (Å²) in [6.45, 7) is 9.15. The van der Waals surface area contributed by atoms with Gasteiger partial charge >= 0.3 is 5.97 Å². The van der Waals surface area contributed by atoms with E-state index in [0.29, 0.717) is 6.61 Å². The summed E-state index contributed by atoms with van der Waals surface area (Å²) < 4.78 is 7.09. The Bertz CT molecular complexity index is 376. The number of ether oxygens (including phenoxy) is 1. The second-order valence-electron chi connectivity index (χ2n) is 4.27. The number of aromatic nitrogens is 2. The molecule has 0 aliphatic rings. The molecule has 1 aromatic heterocycles. The Kier molecular flexibility index (Phi) is 5.85. The smallest absolute Gasteiger partial charge is 0.329 e. The Hall–Kier alpha value is -1.36. The van der Waals surface area contributed by atoms with Gasteiger partial charge in [-0.25, -0.2) is 9.78 Å². The third-order valence-corrected chi connectivity index (χ3v) is 2.97. The van der Waals surface area contributed by atoms with E-state index in [-0.39, 0.29) is 12.0 Å². The van der Waals surface area contributed by atoms with Gasteiger partial charge in [-0.2, -0.15) is 0 Å². The molecule has 18 heavy (non-hydrogen) atoms. The van der Waals surface area contributed by atoms with Crippen LogP contribution in [0, 0.1) is 0 Å². The maximum atomic E-state index is 12.0. The molecule has 0 aliphatic heterocycles. The van der Waals surface area contributed by atoms with Crippen LogP contribution < -0.4 is 5.32 Å². The van der Waals surface area contributed by atoms with Gasteiger partial charge in [0.05, 0.1) is 24.8 Å². The molecule has 0 fully saturated rings. The number of hydrogen-bond acceptors (Lipinski definition) is 4. The van der Waals surface area contributed by atoms with Gasteiger partial charge in [-0.1, -0.05) is 6.92 Å². The number of carbonyl (C=O) groups is 1. The summed E-state index contributed by atoms with van der Waals surface area (Å²) >= 11 is 0. The average Bonchev–Trinajstić information content (AvgIpc) is 2.83. The van der Waals surface area contributed by atoms with Crippen molar-refractivity contribution in [3.8, 4) is 0 Å². The molecule has 1 rings (SSSR count). The Morgan fingerprint density at radius 2 is 2.22 bits per heavy atom. The highest BCUT2D eigenvalue weighted by Crippen LogP contribution is 2.16. The van der Waals surface area contributed by atoms with Gasteiger partial charge in [-0.3, -0.25) is 5.32 Å². The van der Waals surface area contributed by atoms with Crippen molar-refractivity contribution in [1.29, 1.82) is 0 Å². The molecule has 0 saturated heterocycles. The van der Waals surface area contributed by atoms with E-state index in [4.69, 9.17) is 4.74 Å². The van der Waals surface area contributed by atoms with E-state index in [1.54, 1.807) is 12.5 Å². The summed E-state index contributed by atoms with van der Waals surface area (Å²) in [6.07, 6.45) is 4.41. The molecule has 2 atom stereocenters. The maximum Gasteiger partial charge on any atom is 0.329 e. The van der Waals surface area contributed by atoms with Crippen molar-refractivity contribution in [1.82, 2.24) is 14.9 Å². The van der Waals surface area contributed by atoms with E-state index in [0.717, 1.165) is 18.7 Å². The van der Waals surface area contributed by atoms with Crippen molar-refractivity contribution in [2.45, 2.75) is 52.7 Å². The summed E-state index contributed by atoms with van der Waals surface area (Å²) in [5.74, 6) is -0.243. The van der Waals surface area contributed by atoms with Gasteiger partial charge in [0.25, 0.3) is 0 Å². The lowest BCUT2D eigenvalue weighted by atomic mass is 10.1. The normalized spacial score (nSPS) is 14.2. The number of nitrogens with one attached hydrogen (secondary N) is 1. The molecule has 0 bridgehead atoms. The molecule has 1 aromatic rings. The summed E-state index contributed by atoms with van der Waals surface area (Å²) in [6, 6.07) is -0.193. The number of rotatable bonds is 7. The minimum Gasteiger partial charge on any atom is -0.465 e. The predicted octanol–water partition coefficient (Wildman–Crippen LogP) is 1.90. The zero-order chi connectivity index (χ0) is 13.5. The minimum atomic E-state index is -0.442. The number of esters is 1. The maximum absolute atomic E-state index is 12.0. The van der Waals surface area contributed by atoms with Crippen LogP contribution in [0.25, 0.3) is 0 Å². The van der Waals surface area contributed by atoms with E-state index in [9.17, 15) is 4.79 Å². The third kappa shape index (κ3) is 3.57. The monoisotopic (exact) mass is 253 g/mol. The van der Waals surface area contributed by atoms with Crippen LogP contribution in [0.3, 0.4) is 0 Å². The first-order valence-corrected chi connectivity index (χ1v) is 6.56. The third-order valence-electron chi connectivity index (χ3n) is 2.97. The molecule has 102 valence electrons. The summed E-state index contributed by atoms with van der Waals surface area (Å²) in [7, 11) is 0. The fourth-order valence-corrected chi connectivity index (χ4v) is 1.74. The van der Waals surface area contributed by atoms with Crippen molar-refractivity contribution in [3.63, 3.8) is 0 Å². The molecular weight excluding hydrogens is 230 g/mol. The molecule has 1 N–H and O–H groups in total. The molecule has 1 heterocycles. The van der Waals surface area contributed by atoms with Crippen LogP contribution in [0.4, 0.5) is 0 Å². The first-order valence-electron chi connectivity index (χ1n) is 6.56. The average molecular weight is 253 g/mol. The highest BCUT2D eigenvalue weighted by Gasteiger charge is 2.26. The molecular formula is C13H23N3O2. The minimum absolute atomic E-state index is 0.243. The van der Waals surface area contributed by atoms with E-state index >= 15 is 0 Å². The quantitative estimate of drug-likeness (QED) is 0.754. The first kappa shape index (κ1) is 14.7. The van der Waals surface area contributed by atoms with Gasteiger partial charge in [0.2, 0.25) is 0 Å². The van der Waals surface area contributed by atoms with Gasteiger partial charge in [0.1, 0.15) is 6.04 Å². The molecule has 5 nitrogen and oxygen atoms in total. The lowest BCUT2D eigenvalue weighted by Crippen LogP contribution is -2.37.